The van der Waals surface area contributed by atoms with Gasteiger partial charge in [0, 0.05) is 42.1 Å². The van der Waals surface area contributed by atoms with Gasteiger partial charge >= 0.3 is 5.97 Å². The molecule has 4 aromatic rings. The molecule has 0 aliphatic carbocycles. The second-order valence-corrected chi connectivity index (χ2v) is 9.49. The fourth-order valence-corrected chi connectivity index (χ4v) is 5.07. The van der Waals surface area contributed by atoms with Gasteiger partial charge in [-0.3, -0.25) is 9.59 Å². The van der Waals surface area contributed by atoms with Crippen LogP contribution in [-0.2, 0) is 9.59 Å². The van der Waals surface area contributed by atoms with Crippen LogP contribution >= 0.6 is 11.3 Å². The molecule has 0 unspecified atom stereocenters. The van der Waals surface area contributed by atoms with Crippen molar-refractivity contribution in [1.82, 2.24) is 14.8 Å². The van der Waals surface area contributed by atoms with Crippen LogP contribution in [0.2, 0.25) is 0 Å². The highest BCUT2D eigenvalue weighted by Gasteiger charge is 2.36. The summed E-state index contributed by atoms with van der Waals surface area (Å²) < 4.78 is 7.15. The zero-order valence-electron chi connectivity index (χ0n) is 20.3. The number of nitrogens with zero attached hydrogens (tertiary/aromatic N) is 4. The molecule has 0 radical (unpaired) electrons. The summed E-state index contributed by atoms with van der Waals surface area (Å²) in [4.78, 5) is 24.3. The normalized spacial score (nSPS) is 15.0. The van der Waals surface area contributed by atoms with Crippen molar-refractivity contribution < 1.29 is 19.4 Å². The van der Waals surface area contributed by atoms with E-state index in [0.717, 1.165) is 39.5 Å². The largest absolute Gasteiger partial charge is 0.497 e. The first-order valence-electron chi connectivity index (χ1n) is 12.0. The standard InChI is InChI=1S/C28H26N4O4S/c1-36-22-12-10-19(11-13-22)28-23(17-31(30-28)21-6-3-2-4-7-21)25-16-24(20-14-15-37-18-20)29-32(25)26(33)8-5-9-27(34)35/h2-4,6-7,10-15,17-18,25H,5,8-9,16H2,1H3,(H,34,35)/t25-/m1/s1. The summed E-state index contributed by atoms with van der Waals surface area (Å²) in [5.41, 5.74) is 5.23. The number of carboxylic acid groups (broad SMARTS) is 1. The van der Waals surface area contributed by atoms with E-state index in [4.69, 9.17) is 20.0 Å². The van der Waals surface area contributed by atoms with Gasteiger partial charge < -0.3 is 9.84 Å². The lowest BCUT2D eigenvalue weighted by Crippen LogP contribution is -2.27. The van der Waals surface area contributed by atoms with Crippen LogP contribution in [0.1, 0.15) is 42.9 Å². The van der Waals surface area contributed by atoms with E-state index in [0.29, 0.717) is 6.42 Å². The van der Waals surface area contributed by atoms with E-state index in [1.807, 2.05) is 82.3 Å². The number of carbonyl (C=O) groups excluding carboxylic acids is 1. The number of amides is 1. The monoisotopic (exact) mass is 514 g/mol. The summed E-state index contributed by atoms with van der Waals surface area (Å²) in [7, 11) is 1.63. The van der Waals surface area contributed by atoms with Gasteiger partial charge in [-0.15, -0.1) is 0 Å². The lowest BCUT2D eigenvalue weighted by Gasteiger charge is -2.22. The number of hydrogen-bond donors (Lipinski definition) is 1. The van der Waals surface area contributed by atoms with Crippen molar-refractivity contribution in [3.8, 4) is 22.7 Å². The van der Waals surface area contributed by atoms with Crippen molar-refractivity contribution in [3.05, 3.63) is 88.7 Å². The first-order chi connectivity index (χ1) is 18.0. The zero-order valence-corrected chi connectivity index (χ0v) is 21.1. The predicted molar refractivity (Wildman–Crippen MR) is 142 cm³/mol. The Morgan fingerprint density at radius 1 is 1.05 bits per heavy atom. The fraction of sp³-hybridized carbons (Fsp3) is 0.214. The molecule has 0 bridgehead atoms. The van der Waals surface area contributed by atoms with Crippen molar-refractivity contribution in [3.63, 3.8) is 0 Å². The topological polar surface area (TPSA) is 97.0 Å². The van der Waals surface area contributed by atoms with E-state index >= 15 is 0 Å². The Morgan fingerprint density at radius 3 is 2.51 bits per heavy atom. The molecule has 9 heteroatoms. The van der Waals surface area contributed by atoms with E-state index < -0.39 is 5.97 Å². The second-order valence-electron chi connectivity index (χ2n) is 8.71. The average molecular weight is 515 g/mol. The summed E-state index contributed by atoms with van der Waals surface area (Å²) in [6.07, 6.45) is 2.80. The van der Waals surface area contributed by atoms with Crippen molar-refractivity contribution in [2.45, 2.75) is 31.7 Å². The van der Waals surface area contributed by atoms with Gasteiger partial charge in [0.15, 0.2) is 0 Å². The minimum atomic E-state index is -0.917. The quantitative estimate of drug-likeness (QED) is 0.316. The first-order valence-corrected chi connectivity index (χ1v) is 12.9. The van der Waals surface area contributed by atoms with Crippen molar-refractivity contribution in [2.24, 2.45) is 5.10 Å². The maximum absolute atomic E-state index is 13.3. The van der Waals surface area contributed by atoms with Crippen LogP contribution in [0.5, 0.6) is 5.75 Å². The number of ether oxygens (including phenoxy) is 1. The number of carbonyl (C=O) groups is 2. The number of aliphatic carboxylic acids is 1. The van der Waals surface area contributed by atoms with E-state index in [1.54, 1.807) is 18.4 Å². The number of hydrogen-bond acceptors (Lipinski definition) is 6. The number of aromatic nitrogens is 2. The van der Waals surface area contributed by atoms with E-state index in [9.17, 15) is 9.59 Å². The predicted octanol–water partition coefficient (Wildman–Crippen LogP) is 5.54. The van der Waals surface area contributed by atoms with Crippen LogP contribution < -0.4 is 4.74 Å². The van der Waals surface area contributed by atoms with Crippen molar-refractivity contribution in [1.29, 1.82) is 0 Å². The van der Waals surface area contributed by atoms with E-state index in [2.05, 4.69) is 0 Å². The van der Waals surface area contributed by atoms with Gasteiger partial charge in [-0.2, -0.15) is 21.5 Å². The SMILES string of the molecule is COc1ccc(-c2nn(-c3ccccc3)cc2[C@H]2CC(c3ccsc3)=NN2C(=O)CCCC(=O)O)cc1. The Kier molecular flexibility index (Phi) is 7.14. The van der Waals surface area contributed by atoms with Crippen molar-refractivity contribution in [2.75, 3.05) is 7.11 Å². The number of rotatable bonds is 9. The van der Waals surface area contributed by atoms with Gasteiger partial charge in [-0.1, -0.05) is 18.2 Å². The molecule has 8 nitrogen and oxygen atoms in total. The van der Waals surface area contributed by atoms with E-state index in [1.165, 1.54) is 5.01 Å². The molecule has 1 N–H and O–H groups in total. The summed E-state index contributed by atoms with van der Waals surface area (Å²) in [6, 6.07) is 19.1. The molecular formula is C28H26N4O4S. The van der Waals surface area contributed by atoms with Crippen LogP contribution in [0, 0.1) is 0 Å². The van der Waals surface area contributed by atoms with Crippen LogP contribution in [0.25, 0.3) is 16.9 Å². The summed E-state index contributed by atoms with van der Waals surface area (Å²) in [5, 5.41) is 24.2. The minimum absolute atomic E-state index is 0.0611. The van der Waals surface area contributed by atoms with Crippen LogP contribution in [0.3, 0.4) is 0 Å². The number of hydrazone groups is 1. The molecule has 0 saturated heterocycles. The average Bonchev–Trinajstić information content (AvgIpc) is 3.68. The molecule has 2 aromatic carbocycles. The molecule has 1 amide bonds. The molecule has 0 fully saturated rings. The van der Waals surface area contributed by atoms with Gasteiger partial charge in [0.05, 0.1) is 30.2 Å². The molecule has 5 rings (SSSR count). The molecule has 1 atom stereocenters. The van der Waals surface area contributed by atoms with Crippen LogP contribution in [-0.4, -0.2) is 44.6 Å². The fourth-order valence-electron chi connectivity index (χ4n) is 4.41. The molecule has 0 spiro atoms. The maximum Gasteiger partial charge on any atom is 0.303 e. The number of para-hydroxylation sites is 1. The highest BCUT2D eigenvalue weighted by Crippen LogP contribution is 2.39. The molecule has 188 valence electrons. The van der Waals surface area contributed by atoms with Gasteiger partial charge in [-0.05, 0) is 59.6 Å². The van der Waals surface area contributed by atoms with Crippen LogP contribution in [0.4, 0.5) is 0 Å². The lowest BCUT2D eigenvalue weighted by atomic mass is 9.97. The summed E-state index contributed by atoms with van der Waals surface area (Å²) >= 11 is 1.58. The highest BCUT2D eigenvalue weighted by atomic mass is 32.1. The molecule has 1 aliphatic heterocycles. The third kappa shape index (κ3) is 5.31. The third-order valence-electron chi connectivity index (χ3n) is 6.29. The molecular weight excluding hydrogens is 488 g/mol. The number of thiophene rings is 1. The van der Waals surface area contributed by atoms with Gasteiger partial charge in [0.25, 0.3) is 0 Å². The zero-order chi connectivity index (χ0) is 25.8. The Labute approximate surface area is 218 Å². The number of benzene rings is 2. The minimum Gasteiger partial charge on any atom is -0.497 e. The summed E-state index contributed by atoms with van der Waals surface area (Å²) in [6.45, 7) is 0. The smallest absolute Gasteiger partial charge is 0.303 e. The Balaban J connectivity index is 1.56. The Morgan fingerprint density at radius 2 is 1.84 bits per heavy atom. The van der Waals surface area contributed by atoms with E-state index in [-0.39, 0.29) is 31.2 Å². The molecule has 3 heterocycles. The lowest BCUT2D eigenvalue weighted by molar-refractivity contribution is -0.137. The van der Waals surface area contributed by atoms with Crippen LogP contribution in [0.15, 0.2) is 82.7 Å². The number of methoxy groups -OCH3 is 1. The first kappa shape index (κ1) is 24.5. The molecule has 1 aliphatic rings. The molecule has 37 heavy (non-hydrogen) atoms. The number of carboxylic acids is 1. The molecule has 2 aromatic heterocycles. The van der Waals surface area contributed by atoms with Crippen molar-refractivity contribution >= 4 is 28.9 Å². The second kappa shape index (κ2) is 10.8. The van der Waals surface area contributed by atoms with Gasteiger partial charge in [0.1, 0.15) is 5.75 Å². The van der Waals surface area contributed by atoms with Gasteiger partial charge in [-0.25, -0.2) is 9.69 Å². The third-order valence-corrected chi connectivity index (χ3v) is 6.97. The summed E-state index contributed by atoms with van der Waals surface area (Å²) in [5.74, 6) is -0.379. The maximum atomic E-state index is 13.3. The van der Waals surface area contributed by atoms with Gasteiger partial charge in [0.2, 0.25) is 5.91 Å². The Bertz CT molecular complexity index is 1410. The Hall–Kier alpha value is -4.24. The molecule has 0 saturated carbocycles. The highest BCUT2D eigenvalue weighted by molar-refractivity contribution is 7.08.